The Kier molecular flexibility index (Phi) is 4.16. The van der Waals surface area contributed by atoms with Crippen LogP contribution >= 0.6 is 0 Å². The van der Waals surface area contributed by atoms with Crippen molar-refractivity contribution in [3.63, 3.8) is 0 Å². The lowest BCUT2D eigenvalue weighted by atomic mass is 9.92. The summed E-state index contributed by atoms with van der Waals surface area (Å²) in [5.74, 6) is 0.526. The molecule has 2 nitrogen and oxygen atoms in total. The van der Waals surface area contributed by atoms with Gasteiger partial charge in [-0.15, -0.1) is 6.58 Å². The number of carbonyl (C=O) groups excluding carboxylic acids is 1. The summed E-state index contributed by atoms with van der Waals surface area (Å²) >= 11 is 0. The van der Waals surface area contributed by atoms with Crippen LogP contribution in [0.25, 0.3) is 0 Å². The van der Waals surface area contributed by atoms with Crippen molar-refractivity contribution in [2.45, 2.75) is 44.6 Å². The Morgan fingerprint density at radius 3 is 3.08 bits per heavy atom. The van der Waals surface area contributed by atoms with Gasteiger partial charge in [-0.1, -0.05) is 6.08 Å². The highest BCUT2D eigenvalue weighted by Crippen LogP contribution is 2.25. The number of rotatable bonds is 3. The molecule has 0 spiro atoms. The number of aliphatic hydroxyl groups is 1. The molecule has 1 aliphatic carbocycles. The minimum absolute atomic E-state index is 0.216. The van der Waals surface area contributed by atoms with Gasteiger partial charge in [0.1, 0.15) is 5.78 Å². The average molecular weight is 182 g/mol. The highest BCUT2D eigenvalue weighted by Gasteiger charge is 2.24. The molecule has 0 radical (unpaired) electrons. The van der Waals surface area contributed by atoms with Crippen molar-refractivity contribution in [2.75, 3.05) is 0 Å². The minimum Gasteiger partial charge on any atom is -0.392 e. The van der Waals surface area contributed by atoms with Crippen LogP contribution in [0.4, 0.5) is 0 Å². The number of hydrogen-bond donors (Lipinski definition) is 1. The Morgan fingerprint density at radius 1 is 1.62 bits per heavy atom. The van der Waals surface area contributed by atoms with Gasteiger partial charge in [0.15, 0.2) is 0 Å². The van der Waals surface area contributed by atoms with Crippen LogP contribution in [0.15, 0.2) is 12.7 Å². The summed E-state index contributed by atoms with van der Waals surface area (Å²) in [7, 11) is 0. The second kappa shape index (κ2) is 5.18. The summed E-state index contributed by atoms with van der Waals surface area (Å²) in [5, 5.41) is 9.69. The van der Waals surface area contributed by atoms with Crippen molar-refractivity contribution in [2.24, 2.45) is 5.92 Å². The Hall–Kier alpha value is -0.630. The normalized spacial score (nSPS) is 29.8. The highest BCUT2D eigenvalue weighted by atomic mass is 16.3. The number of carbonyl (C=O) groups is 1. The van der Waals surface area contributed by atoms with Gasteiger partial charge in [0.05, 0.1) is 6.10 Å². The van der Waals surface area contributed by atoms with E-state index in [0.717, 1.165) is 25.7 Å². The third kappa shape index (κ3) is 3.31. The number of ketones is 1. The molecule has 0 aromatic carbocycles. The second-order valence-corrected chi connectivity index (χ2v) is 3.83. The molecule has 1 saturated carbocycles. The van der Waals surface area contributed by atoms with E-state index in [1.807, 2.05) is 6.08 Å². The SMILES string of the molecule is C=CCCC1CCCC(=O)CC1O. The smallest absolute Gasteiger partial charge is 0.135 e. The molecule has 0 heterocycles. The first-order valence-electron chi connectivity index (χ1n) is 5.04. The quantitative estimate of drug-likeness (QED) is 0.536. The van der Waals surface area contributed by atoms with Crippen molar-refractivity contribution in [3.05, 3.63) is 12.7 Å². The molecule has 0 aliphatic heterocycles. The number of allylic oxidation sites excluding steroid dienone is 1. The Bertz CT molecular complexity index is 187. The zero-order valence-electron chi connectivity index (χ0n) is 8.04. The fraction of sp³-hybridized carbons (Fsp3) is 0.727. The highest BCUT2D eigenvalue weighted by molar-refractivity contribution is 5.79. The van der Waals surface area contributed by atoms with Crippen molar-refractivity contribution in [1.82, 2.24) is 0 Å². The predicted molar refractivity (Wildman–Crippen MR) is 52.4 cm³/mol. The first kappa shape index (κ1) is 10.5. The molecule has 13 heavy (non-hydrogen) atoms. The standard InChI is InChI=1S/C11H18O2/c1-2-3-5-9-6-4-7-10(12)8-11(9)13/h2,9,11,13H,1,3-8H2. The van der Waals surface area contributed by atoms with Crippen molar-refractivity contribution < 1.29 is 9.90 Å². The van der Waals surface area contributed by atoms with Gasteiger partial charge in [0.25, 0.3) is 0 Å². The van der Waals surface area contributed by atoms with Gasteiger partial charge in [0, 0.05) is 12.8 Å². The summed E-state index contributed by atoms with van der Waals surface area (Å²) in [4.78, 5) is 11.1. The van der Waals surface area contributed by atoms with E-state index in [1.54, 1.807) is 0 Å². The molecule has 1 fully saturated rings. The molecule has 1 aliphatic rings. The minimum atomic E-state index is -0.407. The lowest BCUT2D eigenvalue weighted by Gasteiger charge is -2.18. The molecule has 0 saturated heterocycles. The molecule has 0 amide bonds. The first-order valence-corrected chi connectivity index (χ1v) is 5.04. The van der Waals surface area contributed by atoms with E-state index < -0.39 is 6.10 Å². The maximum Gasteiger partial charge on any atom is 0.135 e. The maximum absolute atomic E-state index is 11.1. The largest absolute Gasteiger partial charge is 0.392 e. The average Bonchev–Trinajstić information content (AvgIpc) is 2.24. The molecule has 1 rings (SSSR count). The fourth-order valence-corrected chi connectivity index (χ4v) is 1.92. The van der Waals surface area contributed by atoms with Gasteiger partial charge in [-0.05, 0) is 31.6 Å². The van der Waals surface area contributed by atoms with Crippen LogP contribution in [0.1, 0.15) is 38.5 Å². The molecule has 2 atom stereocenters. The lowest BCUT2D eigenvalue weighted by Crippen LogP contribution is -2.20. The van der Waals surface area contributed by atoms with E-state index in [4.69, 9.17) is 0 Å². The zero-order chi connectivity index (χ0) is 9.68. The molecule has 0 aromatic heterocycles. The van der Waals surface area contributed by atoms with Crippen LogP contribution in [0.5, 0.6) is 0 Å². The monoisotopic (exact) mass is 182 g/mol. The Labute approximate surface area is 79.6 Å². The van der Waals surface area contributed by atoms with E-state index in [2.05, 4.69) is 6.58 Å². The number of aliphatic hydroxyl groups excluding tert-OH is 1. The maximum atomic E-state index is 11.1. The van der Waals surface area contributed by atoms with Gasteiger partial charge in [0.2, 0.25) is 0 Å². The zero-order valence-corrected chi connectivity index (χ0v) is 8.04. The van der Waals surface area contributed by atoms with E-state index in [1.165, 1.54) is 0 Å². The molecule has 2 unspecified atom stereocenters. The van der Waals surface area contributed by atoms with Crippen LogP contribution in [0.2, 0.25) is 0 Å². The van der Waals surface area contributed by atoms with Crippen LogP contribution in [0, 0.1) is 5.92 Å². The van der Waals surface area contributed by atoms with Gasteiger partial charge >= 0.3 is 0 Å². The topological polar surface area (TPSA) is 37.3 Å². The van der Waals surface area contributed by atoms with Gasteiger partial charge in [-0.2, -0.15) is 0 Å². The molecule has 1 N–H and O–H groups in total. The second-order valence-electron chi connectivity index (χ2n) is 3.83. The van der Waals surface area contributed by atoms with Crippen LogP contribution in [-0.4, -0.2) is 17.0 Å². The molecule has 0 aromatic rings. The van der Waals surface area contributed by atoms with E-state index in [0.29, 0.717) is 18.8 Å². The van der Waals surface area contributed by atoms with Crippen LogP contribution in [0.3, 0.4) is 0 Å². The Balaban J connectivity index is 2.42. The first-order chi connectivity index (χ1) is 6.24. The van der Waals surface area contributed by atoms with E-state index in [9.17, 15) is 9.90 Å². The third-order valence-electron chi connectivity index (χ3n) is 2.75. The van der Waals surface area contributed by atoms with Crippen LogP contribution in [-0.2, 0) is 4.79 Å². The van der Waals surface area contributed by atoms with Gasteiger partial charge < -0.3 is 5.11 Å². The van der Waals surface area contributed by atoms with Gasteiger partial charge in [-0.3, -0.25) is 4.79 Å². The summed E-state index contributed by atoms with van der Waals surface area (Å²) in [6.45, 7) is 3.66. The Morgan fingerprint density at radius 2 is 2.38 bits per heavy atom. The van der Waals surface area contributed by atoms with Crippen molar-refractivity contribution >= 4 is 5.78 Å². The molecular formula is C11H18O2. The summed E-state index contributed by atoms with van der Waals surface area (Å²) in [6, 6.07) is 0. The lowest BCUT2D eigenvalue weighted by molar-refractivity contribution is -0.120. The number of hydrogen-bond acceptors (Lipinski definition) is 2. The fourth-order valence-electron chi connectivity index (χ4n) is 1.92. The summed E-state index contributed by atoms with van der Waals surface area (Å²) < 4.78 is 0. The number of Topliss-reactive ketones (excluding diaryl/α,β-unsaturated/α-hetero) is 1. The molecule has 2 heteroatoms. The summed E-state index contributed by atoms with van der Waals surface area (Å²) in [5.41, 5.74) is 0. The van der Waals surface area contributed by atoms with Gasteiger partial charge in [-0.25, -0.2) is 0 Å². The molecule has 74 valence electrons. The van der Waals surface area contributed by atoms with Crippen molar-refractivity contribution in [1.29, 1.82) is 0 Å². The third-order valence-corrected chi connectivity index (χ3v) is 2.75. The molecule has 0 bridgehead atoms. The predicted octanol–water partition coefficient (Wildman–Crippen LogP) is 2.07. The summed E-state index contributed by atoms with van der Waals surface area (Å²) in [6.07, 6.45) is 6.32. The molecular weight excluding hydrogens is 164 g/mol. The van der Waals surface area contributed by atoms with Crippen molar-refractivity contribution in [3.8, 4) is 0 Å². The van der Waals surface area contributed by atoms with E-state index in [-0.39, 0.29) is 5.78 Å². The van der Waals surface area contributed by atoms with Crippen LogP contribution < -0.4 is 0 Å². The van der Waals surface area contributed by atoms with E-state index >= 15 is 0 Å².